The van der Waals surface area contributed by atoms with Gasteiger partial charge in [0, 0.05) is 11.6 Å². The summed E-state index contributed by atoms with van der Waals surface area (Å²) in [6.45, 7) is 2.19. The van der Waals surface area contributed by atoms with E-state index in [4.69, 9.17) is 5.73 Å². The highest BCUT2D eigenvalue weighted by atomic mass is 16.1. The van der Waals surface area contributed by atoms with E-state index >= 15 is 0 Å². The Morgan fingerprint density at radius 2 is 2.07 bits per heavy atom. The van der Waals surface area contributed by atoms with E-state index in [0.717, 1.165) is 31.6 Å². The molecule has 0 atom stereocenters. The molecule has 1 aliphatic heterocycles. The maximum atomic E-state index is 11.4. The Labute approximate surface area is 89.1 Å². The first-order valence-electron chi connectivity index (χ1n) is 5.34. The number of likely N-dealkylation sites (tertiary alicyclic amines) is 1. The van der Waals surface area contributed by atoms with Gasteiger partial charge in [-0.25, -0.2) is 0 Å². The maximum absolute atomic E-state index is 11.4. The fourth-order valence-electron chi connectivity index (χ4n) is 2.06. The van der Waals surface area contributed by atoms with Crippen LogP contribution < -0.4 is 11.3 Å². The Balaban J connectivity index is 2.16. The van der Waals surface area contributed by atoms with Crippen molar-refractivity contribution in [2.45, 2.75) is 18.8 Å². The predicted octanol–water partition coefficient (Wildman–Crippen LogP) is 0.766. The highest BCUT2D eigenvalue weighted by Gasteiger charge is 2.18. The largest absolute Gasteiger partial charge is 0.394 e. The van der Waals surface area contributed by atoms with Crippen molar-refractivity contribution in [3.63, 3.8) is 0 Å². The van der Waals surface area contributed by atoms with Crippen LogP contribution in [0.2, 0.25) is 0 Å². The molecule has 82 valence electrons. The topological polar surface area (TPSA) is 62.1 Å². The van der Waals surface area contributed by atoms with Gasteiger partial charge in [0.25, 0.3) is 5.56 Å². The number of nitrogens with two attached hydrogens (primary N) is 1. The second-order valence-electron chi connectivity index (χ2n) is 4.28. The van der Waals surface area contributed by atoms with Crippen LogP contribution in [0.5, 0.6) is 0 Å². The number of hydrogen-bond donors (Lipinski definition) is 2. The van der Waals surface area contributed by atoms with Crippen LogP contribution >= 0.6 is 0 Å². The third-order valence-corrected chi connectivity index (χ3v) is 3.12. The minimum Gasteiger partial charge on any atom is -0.394 e. The molecule has 2 heterocycles. The Bertz CT molecular complexity index is 391. The van der Waals surface area contributed by atoms with Crippen LogP contribution in [0.15, 0.2) is 16.9 Å². The summed E-state index contributed by atoms with van der Waals surface area (Å²) in [6, 6.07) is 3.64. The Kier molecular flexibility index (Phi) is 2.77. The van der Waals surface area contributed by atoms with E-state index in [9.17, 15) is 4.79 Å². The molecule has 4 nitrogen and oxygen atoms in total. The van der Waals surface area contributed by atoms with Gasteiger partial charge >= 0.3 is 0 Å². The lowest BCUT2D eigenvalue weighted by Crippen LogP contribution is -2.30. The summed E-state index contributed by atoms with van der Waals surface area (Å²) in [4.78, 5) is 16.5. The van der Waals surface area contributed by atoms with Crippen LogP contribution in [0.4, 0.5) is 5.69 Å². The van der Waals surface area contributed by atoms with Gasteiger partial charge < -0.3 is 15.6 Å². The maximum Gasteiger partial charge on any atom is 0.271 e. The van der Waals surface area contributed by atoms with Crippen molar-refractivity contribution < 1.29 is 0 Å². The molecule has 1 aromatic rings. The standard InChI is InChI=1S/C11H17N3O/c1-14-6-4-8(5-7-14)10-3-2-9(12)11(15)13-10/h2-3,8H,4-7,12H2,1H3,(H,13,15). The number of nitrogens with one attached hydrogen (secondary N) is 1. The zero-order chi connectivity index (χ0) is 10.8. The number of piperidine rings is 1. The minimum absolute atomic E-state index is 0.161. The van der Waals surface area contributed by atoms with E-state index in [2.05, 4.69) is 16.9 Å². The lowest BCUT2D eigenvalue weighted by atomic mass is 9.93. The molecule has 3 N–H and O–H groups in total. The van der Waals surface area contributed by atoms with Gasteiger partial charge in [-0.1, -0.05) is 0 Å². The van der Waals surface area contributed by atoms with Crippen molar-refractivity contribution in [2.24, 2.45) is 0 Å². The van der Waals surface area contributed by atoms with Crippen molar-refractivity contribution in [1.82, 2.24) is 9.88 Å². The van der Waals surface area contributed by atoms with Gasteiger partial charge in [0.2, 0.25) is 0 Å². The highest BCUT2D eigenvalue weighted by molar-refractivity contribution is 5.35. The van der Waals surface area contributed by atoms with Crippen molar-refractivity contribution in [1.29, 1.82) is 0 Å². The average molecular weight is 207 g/mol. The summed E-state index contributed by atoms with van der Waals surface area (Å²) in [6.07, 6.45) is 2.21. The first kappa shape index (κ1) is 10.2. The molecule has 0 spiro atoms. The monoisotopic (exact) mass is 207 g/mol. The molecule has 1 saturated heterocycles. The first-order valence-corrected chi connectivity index (χ1v) is 5.34. The summed E-state index contributed by atoms with van der Waals surface area (Å²) in [5, 5.41) is 0. The van der Waals surface area contributed by atoms with Crippen molar-refractivity contribution in [3.05, 3.63) is 28.2 Å². The molecule has 0 aromatic carbocycles. The summed E-state index contributed by atoms with van der Waals surface area (Å²) in [5.41, 5.74) is 6.66. The van der Waals surface area contributed by atoms with Crippen LogP contribution in [0.1, 0.15) is 24.5 Å². The first-order chi connectivity index (χ1) is 7.16. The molecule has 1 aromatic heterocycles. The van der Waals surface area contributed by atoms with Gasteiger partial charge in [-0.3, -0.25) is 4.79 Å². The quantitative estimate of drug-likeness (QED) is 0.715. The molecule has 0 bridgehead atoms. The van der Waals surface area contributed by atoms with Gasteiger partial charge in [-0.05, 0) is 45.1 Å². The third-order valence-electron chi connectivity index (χ3n) is 3.12. The molecule has 15 heavy (non-hydrogen) atoms. The lowest BCUT2D eigenvalue weighted by Gasteiger charge is -2.28. The highest BCUT2D eigenvalue weighted by Crippen LogP contribution is 2.25. The van der Waals surface area contributed by atoms with Gasteiger partial charge in [0.1, 0.15) is 0 Å². The molecular formula is C11H17N3O. The fraction of sp³-hybridized carbons (Fsp3) is 0.545. The Morgan fingerprint density at radius 1 is 1.40 bits per heavy atom. The van der Waals surface area contributed by atoms with E-state index in [1.165, 1.54) is 0 Å². The number of nitrogen functional groups attached to an aromatic ring is 1. The number of anilines is 1. The van der Waals surface area contributed by atoms with Crippen LogP contribution in [0, 0.1) is 0 Å². The van der Waals surface area contributed by atoms with E-state index in [1.807, 2.05) is 6.07 Å². The van der Waals surface area contributed by atoms with Gasteiger partial charge in [-0.15, -0.1) is 0 Å². The molecule has 1 fully saturated rings. The van der Waals surface area contributed by atoms with E-state index in [-0.39, 0.29) is 5.56 Å². The van der Waals surface area contributed by atoms with Crippen LogP contribution in [0.3, 0.4) is 0 Å². The molecule has 1 aliphatic rings. The van der Waals surface area contributed by atoms with Crippen LogP contribution in [-0.4, -0.2) is 30.0 Å². The molecular weight excluding hydrogens is 190 g/mol. The minimum atomic E-state index is -0.161. The molecule has 4 heteroatoms. The second kappa shape index (κ2) is 4.06. The van der Waals surface area contributed by atoms with Gasteiger partial charge in [0.05, 0.1) is 5.69 Å². The van der Waals surface area contributed by atoms with Gasteiger partial charge in [-0.2, -0.15) is 0 Å². The average Bonchev–Trinajstić information content (AvgIpc) is 2.23. The summed E-state index contributed by atoms with van der Waals surface area (Å²) in [7, 11) is 2.13. The number of aromatic amines is 1. The summed E-state index contributed by atoms with van der Waals surface area (Å²) in [5.74, 6) is 0.481. The van der Waals surface area contributed by atoms with Crippen LogP contribution in [0.25, 0.3) is 0 Å². The smallest absolute Gasteiger partial charge is 0.271 e. The Hall–Kier alpha value is -1.29. The lowest BCUT2D eigenvalue weighted by molar-refractivity contribution is 0.253. The van der Waals surface area contributed by atoms with Crippen molar-refractivity contribution >= 4 is 5.69 Å². The molecule has 0 unspecified atom stereocenters. The number of rotatable bonds is 1. The van der Waals surface area contributed by atoms with E-state index in [1.54, 1.807) is 6.07 Å². The predicted molar refractivity (Wildman–Crippen MR) is 60.9 cm³/mol. The molecule has 0 aliphatic carbocycles. The molecule has 0 radical (unpaired) electrons. The molecule has 2 rings (SSSR count). The second-order valence-corrected chi connectivity index (χ2v) is 4.28. The molecule has 0 amide bonds. The van der Waals surface area contributed by atoms with Crippen LogP contribution in [-0.2, 0) is 0 Å². The number of nitrogens with zero attached hydrogens (tertiary/aromatic N) is 1. The zero-order valence-corrected chi connectivity index (χ0v) is 8.99. The normalized spacial score (nSPS) is 19.3. The zero-order valence-electron chi connectivity index (χ0n) is 8.99. The number of H-pyrrole nitrogens is 1. The Morgan fingerprint density at radius 3 is 2.67 bits per heavy atom. The third kappa shape index (κ3) is 2.21. The SMILES string of the molecule is CN1CCC(c2ccc(N)c(=O)[nH]2)CC1. The number of pyridine rings is 1. The number of aromatic nitrogens is 1. The van der Waals surface area contributed by atoms with E-state index < -0.39 is 0 Å². The van der Waals surface area contributed by atoms with Crippen molar-refractivity contribution in [3.8, 4) is 0 Å². The number of hydrogen-bond acceptors (Lipinski definition) is 3. The van der Waals surface area contributed by atoms with E-state index in [0.29, 0.717) is 11.6 Å². The van der Waals surface area contributed by atoms with Crippen molar-refractivity contribution in [2.75, 3.05) is 25.9 Å². The summed E-state index contributed by atoms with van der Waals surface area (Å²) < 4.78 is 0. The molecule has 0 saturated carbocycles. The van der Waals surface area contributed by atoms with Gasteiger partial charge in [0.15, 0.2) is 0 Å². The summed E-state index contributed by atoms with van der Waals surface area (Å²) >= 11 is 0. The fourth-order valence-corrected chi connectivity index (χ4v) is 2.06.